The van der Waals surface area contributed by atoms with Crippen LogP contribution in [0.3, 0.4) is 0 Å². The summed E-state index contributed by atoms with van der Waals surface area (Å²) in [5.41, 5.74) is -1.27. The van der Waals surface area contributed by atoms with Gasteiger partial charge < -0.3 is 5.32 Å². The lowest BCUT2D eigenvalue weighted by atomic mass is 10.1. The van der Waals surface area contributed by atoms with Crippen molar-refractivity contribution in [1.82, 2.24) is 0 Å². The number of hydrogen-bond donors (Lipinski definition) is 1. The zero-order valence-electron chi connectivity index (χ0n) is 8.01. The molecule has 3 nitrogen and oxygen atoms in total. The van der Waals surface area contributed by atoms with E-state index in [1.807, 2.05) is 5.32 Å². The van der Waals surface area contributed by atoms with E-state index in [-0.39, 0.29) is 5.69 Å². The fourth-order valence-electron chi connectivity index (χ4n) is 1.11. The Morgan fingerprint density at radius 1 is 1.38 bits per heavy atom. The van der Waals surface area contributed by atoms with Gasteiger partial charge in [0.2, 0.25) is 5.91 Å². The van der Waals surface area contributed by atoms with Crippen molar-refractivity contribution >= 4 is 11.6 Å². The van der Waals surface area contributed by atoms with Crippen LogP contribution in [0.15, 0.2) is 24.3 Å². The maximum atomic E-state index is 12.5. The van der Waals surface area contributed by atoms with Crippen LogP contribution in [0.4, 0.5) is 18.9 Å². The molecule has 1 amide bonds. The van der Waals surface area contributed by atoms with E-state index in [9.17, 15) is 18.0 Å². The predicted octanol–water partition coefficient (Wildman–Crippen LogP) is 2.56. The molecule has 0 aliphatic rings. The van der Waals surface area contributed by atoms with Gasteiger partial charge in [-0.1, -0.05) is 12.1 Å². The number of halogens is 3. The van der Waals surface area contributed by atoms with Gasteiger partial charge in [0.05, 0.1) is 17.3 Å². The predicted molar refractivity (Wildman–Crippen MR) is 50.3 cm³/mol. The van der Waals surface area contributed by atoms with Crippen LogP contribution in [0.5, 0.6) is 0 Å². The van der Waals surface area contributed by atoms with E-state index in [1.165, 1.54) is 12.1 Å². The van der Waals surface area contributed by atoms with E-state index in [1.54, 1.807) is 6.07 Å². The van der Waals surface area contributed by atoms with Gasteiger partial charge in [-0.05, 0) is 12.1 Å². The van der Waals surface area contributed by atoms with Crippen LogP contribution in [0.25, 0.3) is 0 Å². The average Bonchev–Trinajstić information content (AvgIpc) is 2.17. The van der Waals surface area contributed by atoms with Gasteiger partial charge in [0.1, 0.15) is 6.42 Å². The first kappa shape index (κ1) is 12.0. The molecule has 0 aliphatic carbocycles. The van der Waals surface area contributed by atoms with Crippen LogP contribution in [0.1, 0.15) is 12.0 Å². The molecule has 0 fully saturated rings. The summed E-state index contributed by atoms with van der Waals surface area (Å²) in [6.07, 6.45) is -5.01. The number of hydrogen-bond acceptors (Lipinski definition) is 2. The summed E-state index contributed by atoms with van der Waals surface area (Å²) < 4.78 is 37.4. The minimum absolute atomic E-state index is 0.338. The first-order chi connectivity index (χ1) is 7.45. The quantitative estimate of drug-likeness (QED) is 0.845. The molecule has 0 unspecified atom stereocenters. The molecule has 0 aliphatic heterocycles. The molecule has 6 heteroatoms. The Kier molecular flexibility index (Phi) is 3.51. The molecule has 1 aromatic carbocycles. The highest BCUT2D eigenvalue weighted by atomic mass is 19.4. The van der Waals surface area contributed by atoms with Gasteiger partial charge in [0, 0.05) is 0 Å². The molecule has 0 saturated heterocycles. The van der Waals surface area contributed by atoms with E-state index in [0.29, 0.717) is 0 Å². The van der Waals surface area contributed by atoms with E-state index >= 15 is 0 Å². The van der Waals surface area contributed by atoms with E-state index in [4.69, 9.17) is 5.26 Å². The minimum Gasteiger partial charge on any atom is -0.325 e. The monoisotopic (exact) mass is 228 g/mol. The van der Waals surface area contributed by atoms with Crippen molar-refractivity contribution in [3.05, 3.63) is 29.8 Å². The summed E-state index contributed by atoms with van der Waals surface area (Å²) in [6, 6.07) is 6.15. The summed E-state index contributed by atoms with van der Waals surface area (Å²) in [5, 5.41) is 10.2. The molecule has 1 aromatic rings. The largest absolute Gasteiger partial charge is 0.418 e. The Hall–Kier alpha value is -2.03. The number of nitrogens with zero attached hydrogens (tertiary/aromatic N) is 1. The summed E-state index contributed by atoms with van der Waals surface area (Å²) in [4.78, 5) is 11.0. The van der Waals surface area contributed by atoms with E-state index < -0.39 is 24.1 Å². The molecule has 1 rings (SSSR count). The van der Waals surface area contributed by atoms with Crippen LogP contribution in [0.2, 0.25) is 0 Å². The van der Waals surface area contributed by atoms with Crippen molar-refractivity contribution in [2.45, 2.75) is 12.6 Å². The fraction of sp³-hybridized carbons (Fsp3) is 0.200. The lowest BCUT2D eigenvalue weighted by molar-refractivity contribution is -0.137. The SMILES string of the molecule is N#CCC(=O)Nc1ccccc1C(F)(F)F. The highest BCUT2D eigenvalue weighted by molar-refractivity contribution is 5.92. The Labute approximate surface area is 89.5 Å². The molecule has 0 saturated carbocycles. The van der Waals surface area contributed by atoms with Gasteiger partial charge >= 0.3 is 6.18 Å². The molecule has 1 N–H and O–H groups in total. The average molecular weight is 228 g/mol. The lowest BCUT2D eigenvalue weighted by Gasteiger charge is -2.12. The van der Waals surface area contributed by atoms with Crippen molar-refractivity contribution in [3.63, 3.8) is 0 Å². The topological polar surface area (TPSA) is 52.9 Å². The van der Waals surface area contributed by atoms with Crippen molar-refractivity contribution < 1.29 is 18.0 Å². The molecule has 0 heterocycles. The Bertz CT molecular complexity index is 434. The van der Waals surface area contributed by atoms with Gasteiger partial charge in [0.15, 0.2) is 0 Å². The first-order valence-corrected chi connectivity index (χ1v) is 4.28. The standard InChI is InChI=1S/C10H7F3N2O/c11-10(12,13)7-3-1-2-4-8(7)15-9(16)5-6-14/h1-4H,5H2,(H,15,16). The van der Waals surface area contributed by atoms with Crippen LogP contribution in [-0.4, -0.2) is 5.91 Å². The fourth-order valence-corrected chi connectivity index (χ4v) is 1.11. The van der Waals surface area contributed by atoms with Crippen molar-refractivity contribution in [2.24, 2.45) is 0 Å². The molecule has 0 bridgehead atoms. The van der Waals surface area contributed by atoms with E-state index in [2.05, 4.69) is 0 Å². The highest BCUT2D eigenvalue weighted by Crippen LogP contribution is 2.34. The highest BCUT2D eigenvalue weighted by Gasteiger charge is 2.33. The number of rotatable bonds is 2. The Balaban J connectivity index is 2.97. The van der Waals surface area contributed by atoms with Gasteiger partial charge in [0.25, 0.3) is 0 Å². The second kappa shape index (κ2) is 4.66. The second-order valence-electron chi connectivity index (χ2n) is 2.93. The zero-order chi connectivity index (χ0) is 12.2. The maximum Gasteiger partial charge on any atom is 0.418 e. The molecule has 84 valence electrons. The number of amides is 1. The van der Waals surface area contributed by atoms with Gasteiger partial charge in [-0.25, -0.2) is 0 Å². The molecule has 0 radical (unpaired) electrons. The number of anilines is 1. The summed E-state index contributed by atoms with van der Waals surface area (Å²) >= 11 is 0. The first-order valence-electron chi connectivity index (χ1n) is 4.28. The zero-order valence-corrected chi connectivity index (χ0v) is 8.01. The number of para-hydroxylation sites is 1. The second-order valence-corrected chi connectivity index (χ2v) is 2.93. The Morgan fingerprint density at radius 3 is 2.56 bits per heavy atom. The van der Waals surface area contributed by atoms with Crippen LogP contribution >= 0.6 is 0 Å². The van der Waals surface area contributed by atoms with Gasteiger partial charge in [-0.15, -0.1) is 0 Å². The number of alkyl halides is 3. The molecular weight excluding hydrogens is 221 g/mol. The maximum absolute atomic E-state index is 12.5. The van der Waals surface area contributed by atoms with Crippen molar-refractivity contribution in [2.75, 3.05) is 5.32 Å². The number of carbonyl (C=O) groups excluding carboxylic acids is 1. The van der Waals surface area contributed by atoms with Gasteiger partial charge in [-0.3, -0.25) is 4.79 Å². The molecule has 16 heavy (non-hydrogen) atoms. The third-order valence-corrected chi connectivity index (χ3v) is 1.75. The third kappa shape index (κ3) is 2.98. The smallest absolute Gasteiger partial charge is 0.325 e. The van der Waals surface area contributed by atoms with Crippen LogP contribution in [0, 0.1) is 11.3 Å². The lowest BCUT2D eigenvalue weighted by Crippen LogP contribution is -2.15. The van der Waals surface area contributed by atoms with Crippen molar-refractivity contribution in [3.8, 4) is 6.07 Å². The molecule has 0 spiro atoms. The Morgan fingerprint density at radius 2 is 2.00 bits per heavy atom. The normalized spacial score (nSPS) is 10.6. The number of nitriles is 1. The minimum atomic E-state index is -4.53. The third-order valence-electron chi connectivity index (χ3n) is 1.75. The summed E-state index contributed by atoms with van der Waals surface area (Å²) in [6.45, 7) is 0. The van der Waals surface area contributed by atoms with E-state index in [0.717, 1.165) is 12.1 Å². The summed E-state index contributed by atoms with van der Waals surface area (Å²) in [5.74, 6) is -0.765. The van der Waals surface area contributed by atoms with Crippen molar-refractivity contribution in [1.29, 1.82) is 5.26 Å². The van der Waals surface area contributed by atoms with Crippen LogP contribution < -0.4 is 5.32 Å². The molecule has 0 aromatic heterocycles. The number of benzene rings is 1. The number of nitrogens with one attached hydrogen (secondary N) is 1. The van der Waals surface area contributed by atoms with Crippen LogP contribution in [-0.2, 0) is 11.0 Å². The number of carbonyl (C=O) groups is 1. The molecular formula is C10H7F3N2O. The summed E-state index contributed by atoms with van der Waals surface area (Å²) in [7, 11) is 0. The molecule has 0 atom stereocenters. The van der Waals surface area contributed by atoms with Gasteiger partial charge in [-0.2, -0.15) is 18.4 Å².